The van der Waals surface area contributed by atoms with Gasteiger partial charge in [0, 0.05) is 11.1 Å². The summed E-state index contributed by atoms with van der Waals surface area (Å²) in [6.07, 6.45) is 1.34. The van der Waals surface area contributed by atoms with Crippen molar-refractivity contribution in [3.8, 4) is 11.5 Å². The number of alkyl halides is 2. The average Bonchev–Trinajstić information content (AvgIpc) is 2.98. The van der Waals surface area contributed by atoms with E-state index in [2.05, 4.69) is 9.73 Å². The van der Waals surface area contributed by atoms with Crippen LogP contribution < -0.4 is 9.47 Å². The summed E-state index contributed by atoms with van der Waals surface area (Å²) in [6.45, 7) is 0.833. The number of carbonyl (C=O) groups excluding carboxylic acids is 1. The Morgan fingerprint density at radius 3 is 2.67 bits per heavy atom. The molecule has 0 amide bonds. The number of hydrogen-bond donors (Lipinski definition) is 0. The van der Waals surface area contributed by atoms with E-state index in [4.69, 9.17) is 9.47 Å². The highest BCUT2D eigenvalue weighted by Gasteiger charge is 2.26. The molecule has 0 N–H and O–H groups in total. The first-order valence-electron chi connectivity index (χ1n) is 8.28. The van der Waals surface area contributed by atoms with Gasteiger partial charge in [-0.3, -0.25) is 0 Å². The molecule has 3 rings (SSSR count). The lowest BCUT2D eigenvalue weighted by Gasteiger charge is -2.13. The van der Waals surface area contributed by atoms with E-state index in [1.807, 2.05) is 19.1 Å². The second-order valence-corrected chi connectivity index (χ2v) is 5.64. The van der Waals surface area contributed by atoms with Crippen molar-refractivity contribution in [2.75, 3.05) is 6.61 Å². The summed E-state index contributed by atoms with van der Waals surface area (Å²) in [5, 5.41) is 0. The third-order valence-electron chi connectivity index (χ3n) is 3.80. The third kappa shape index (κ3) is 4.13. The first-order chi connectivity index (χ1) is 13.0. The van der Waals surface area contributed by atoms with Gasteiger partial charge in [-0.25, -0.2) is 9.79 Å². The molecule has 1 aliphatic heterocycles. The molecule has 2 aromatic rings. The van der Waals surface area contributed by atoms with Crippen LogP contribution in [0, 0.1) is 6.92 Å². The van der Waals surface area contributed by atoms with E-state index in [-0.39, 0.29) is 35.3 Å². The Balaban J connectivity index is 2.02. The Labute approximate surface area is 154 Å². The average molecular weight is 373 g/mol. The summed E-state index contributed by atoms with van der Waals surface area (Å²) >= 11 is 0. The molecule has 2 aromatic carbocycles. The van der Waals surface area contributed by atoms with Crippen LogP contribution >= 0.6 is 0 Å². The van der Waals surface area contributed by atoms with Crippen LogP contribution in [0.3, 0.4) is 0 Å². The minimum atomic E-state index is -3.04. The smallest absolute Gasteiger partial charge is 0.387 e. The highest BCUT2D eigenvalue weighted by Crippen LogP contribution is 2.35. The maximum Gasteiger partial charge on any atom is 0.387 e. The molecular weight excluding hydrogens is 356 g/mol. The SMILES string of the molecule is CCOc1cccc(/C=C2\N=C(c3ccccc3C)OC2=O)c1OC(F)F. The van der Waals surface area contributed by atoms with Crippen molar-refractivity contribution in [3.05, 3.63) is 64.9 Å². The van der Waals surface area contributed by atoms with Gasteiger partial charge in [-0.2, -0.15) is 8.78 Å². The second kappa shape index (κ2) is 7.99. The molecule has 0 fully saturated rings. The summed E-state index contributed by atoms with van der Waals surface area (Å²) in [6, 6.07) is 12.0. The minimum Gasteiger partial charge on any atom is -0.490 e. The zero-order chi connectivity index (χ0) is 19.4. The van der Waals surface area contributed by atoms with E-state index in [1.54, 1.807) is 25.1 Å². The molecule has 0 saturated heterocycles. The Hall–Kier alpha value is -3.22. The van der Waals surface area contributed by atoms with E-state index in [0.717, 1.165) is 5.56 Å². The van der Waals surface area contributed by atoms with Crippen LogP contribution in [0.25, 0.3) is 6.08 Å². The maximum absolute atomic E-state index is 12.8. The summed E-state index contributed by atoms with van der Waals surface area (Å²) in [5.41, 5.74) is 1.80. The Morgan fingerprint density at radius 1 is 1.19 bits per heavy atom. The topological polar surface area (TPSA) is 57.1 Å². The van der Waals surface area contributed by atoms with Crippen LogP contribution in [-0.4, -0.2) is 25.1 Å². The number of esters is 1. The van der Waals surface area contributed by atoms with Gasteiger partial charge < -0.3 is 14.2 Å². The van der Waals surface area contributed by atoms with Crippen LogP contribution in [0.4, 0.5) is 8.78 Å². The van der Waals surface area contributed by atoms with Gasteiger partial charge in [-0.1, -0.05) is 30.3 Å². The number of aryl methyl sites for hydroxylation is 1. The van der Waals surface area contributed by atoms with Gasteiger partial charge in [0.2, 0.25) is 5.90 Å². The van der Waals surface area contributed by atoms with E-state index >= 15 is 0 Å². The number of ether oxygens (including phenoxy) is 3. The highest BCUT2D eigenvalue weighted by molar-refractivity contribution is 6.13. The van der Waals surface area contributed by atoms with Crippen molar-refractivity contribution in [2.45, 2.75) is 20.5 Å². The number of benzene rings is 2. The predicted octanol–water partition coefficient (Wildman–Crippen LogP) is 4.34. The number of para-hydroxylation sites is 1. The normalized spacial score (nSPS) is 15.1. The van der Waals surface area contributed by atoms with Crippen LogP contribution in [0.1, 0.15) is 23.6 Å². The Morgan fingerprint density at radius 2 is 1.96 bits per heavy atom. The van der Waals surface area contributed by atoms with Crippen LogP contribution in [0.5, 0.6) is 11.5 Å². The fraction of sp³-hybridized carbons (Fsp3) is 0.200. The number of carbonyl (C=O) groups is 1. The molecule has 140 valence electrons. The number of halogens is 2. The lowest BCUT2D eigenvalue weighted by atomic mass is 10.1. The number of nitrogens with zero attached hydrogens (tertiary/aromatic N) is 1. The summed E-state index contributed by atoms with van der Waals surface area (Å²) in [7, 11) is 0. The standard InChI is InChI=1S/C20H17F2NO4/c1-3-25-16-10-6-8-13(17(16)26-20(21)22)11-15-19(24)27-18(23-15)14-9-5-4-7-12(14)2/h4-11,20H,3H2,1-2H3/b15-11-. The number of cyclic esters (lactones) is 1. The van der Waals surface area contributed by atoms with Crippen molar-refractivity contribution in [1.82, 2.24) is 0 Å². The van der Waals surface area contributed by atoms with Gasteiger partial charge in [-0.15, -0.1) is 0 Å². The predicted molar refractivity (Wildman–Crippen MR) is 96.0 cm³/mol. The molecule has 0 spiro atoms. The molecule has 0 aromatic heterocycles. The molecule has 0 aliphatic carbocycles. The zero-order valence-electron chi connectivity index (χ0n) is 14.7. The van der Waals surface area contributed by atoms with Gasteiger partial charge >= 0.3 is 12.6 Å². The molecule has 5 nitrogen and oxygen atoms in total. The fourth-order valence-electron chi connectivity index (χ4n) is 2.62. The fourth-order valence-corrected chi connectivity index (χ4v) is 2.62. The molecular formula is C20H17F2NO4. The third-order valence-corrected chi connectivity index (χ3v) is 3.80. The van der Waals surface area contributed by atoms with Gasteiger partial charge in [0.1, 0.15) is 0 Å². The minimum absolute atomic E-state index is 0.0129. The van der Waals surface area contributed by atoms with Crippen molar-refractivity contribution in [2.24, 2.45) is 4.99 Å². The van der Waals surface area contributed by atoms with Gasteiger partial charge in [-0.05, 0) is 37.6 Å². The van der Waals surface area contributed by atoms with E-state index in [9.17, 15) is 13.6 Å². The van der Waals surface area contributed by atoms with Crippen molar-refractivity contribution in [3.63, 3.8) is 0 Å². The van der Waals surface area contributed by atoms with Gasteiger partial charge in [0.05, 0.1) is 6.61 Å². The summed E-state index contributed by atoms with van der Waals surface area (Å²) < 4.78 is 40.8. The molecule has 1 aliphatic rings. The lowest BCUT2D eigenvalue weighted by Crippen LogP contribution is -2.07. The monoisotopic (exact) mass is 373 g/mol. The van der Waals surface area contributed by atoms with Crippen LogP contribution in [0.15, 0.2) is 53.2 Å². The number of hydrogen-bond acceptors (Lipinski definition) is 5. The molecule has 27 heavy (non-hydrogen) atoms. The largest absolute Gasteiger partial charge is 0.490 e. The van der Waals surface area contributed by atoms with Crippen LogP contribution in [-0.2, 0) is 9.53 Å². The summed E-state index contributed by atoms with van der Waals surface area (Å²) in [4.78, 5) is 16.4. The summed E-state index contributed by atoms with van der Waals surface area (Å²) in [5.74, 6) is -0.504. The van der Waals surface area contributed by atoms with Gasteiger partial charge in [0.25, 0.3) is 0 Å². The first-order valence-corrected chi connectivity index (χ1v) is 8.28. The van der Waals surface area contributed by atoms with E-state index < -0.39 is 12.6 Å². The molecule has 0 unspecified atom stereocenters. The lowest BCUT2D eigenvalue weighted by molar-refractivity contribution is -0.129. The van der Waals surface area contributed by atoms with Crippen molar-refractivity contribution < 1.29 is 27.8 Å². The molecule has 0 bridgehead atoms. The molecule has 1 heterocycles. The molecule has 0 radical (unpaired) electrons. The maximum atomic E-state index is 12.8. The van der Waals surface area contributed by atoms with Gasteiger partial charge in [0.15, 0.2) is 17.2 Å². The molecule has 7 heteroatoms. The van der Waals surface area contributed by atoms with Crippen LogP contribution in [0.2, 0.25) is 0 Å². The highest BCUT2D eigenvalue weighted by atomic mass is 19.3. The number of aliphatic imine (C=N–C) groups is 1. The van der Waals surface area contributed by atoms with E-state index in [0.29, 0.717) is 5.56 Å². The molecule has 0 saturated carbocycles. The quantitative estimate of drug-likeness (QED) is 0.558. The molecule has 0 atom stereocenters. The Kier molecular flexibility index (Phi) is 5.49. The van der Waals surface area contributed by atoms with E-state index in [1.165, 1.54) is 18.2 Å². The first kappa shape index (κ1) is 18.6. The van der Waals surface area contributed by atoms with Crippen molar-refractivity contribution >= 4 is 17.9 Å². The van der Waals surface area contributed by atoms with Crippen molar-refractivity contribution in [1.29, 1.82) is 0 Å². The second-order valence-electron chi connectivity index (χ2n) is 5.64. The Bertz CT molecular complexity index is 922. The zero-order valence-corrected chi connectivity index (χ0v) is 14.7. The number of rotatable bonds is 6.